The summed E-state index contributed by atoms with van der Waals surface area (Å²) in [6.07, 6.45) is -11.2. The highest BCUT2D eigenvalue weighted by atomic mass is 19.4. The van der Waals surface area contributed by atoms with Gasteiger partial charge in [-0.05, 0) is 25.3 Å². The fraction of sp³-hybridized carbons (Fsp3) is 0.565. The minimum Gasteiger partial charge on any atom is -0.325 e. The fourth-order valence-corrected chi connectivity index (χ4v) is 3.99. The van der Waals surface area contributed by atoms with Crippen LogP contribution in [-0.2, 0) is 6.18 Å². The molecule has 1 heterocycles. The molecular formula is C23H26F9N3O. The molecule has 0 aromatic carbocycles. The smallest absolute Gasteiger partial charge is 0.325 e. The molecule has 1 aromatic heterocycles. The van der Waals surface area contributed by atoms with E-state index in [2.05, 4.69) is 4.98 Å². The van der Waals surface area contributed by atoms with E-state index in [-0.39, 0.29) is 12.1 Å². The summed E-state index contributed by atoms with van der Waals surface area (Å²) in [4.78, 5) is 16.0. The zero-order valence-electron chi connectivity index (χ0n) is 19.5. The molecule has 13 heteroatoms. The van der Waals surface area contributed by atoms with Gasteiger partial charge in [0.2, 0.25) is 5.95 Å². The van der Waals surface area contributed by atoms with Gasteiger partial charge in [0, 0.05) is 12.1 Å². The van der Waals surface area contributed by atoms with Gasteiger partial charge >= 0.3 is 18.5 Å². The molecule has 4 nitrogen and oxygen atoms in total. The second kappa shape index (κ2) is 11.5. The monoisotopic (exact) mass is 531 g/mol. The van der Waals surface area contributed by atoms with E-state index in [1.54, 1.807) is 0 Å². The highest BCUT2D eigenvalue weighted by Crippen LogP contribution is 2.38. The Kier molecular flexibility index (Phi) is 9.46. The first-order chi connectivity index (χ1) is 16.7. The van der Waals surface area contributed by atoms with Crippen LogP contribution in [0.3, 0.4) is 0 Å². The van der Waals surface area contributed by atoms with Gasteiger partial charge in [-0.1, -0.05) is 51.7 Å². The summed E-state index contributed by atoms with van der Waals surface area (Å²) in [7, 11) is 0. The first-order valence-electron chi connectivity index (χ1n) is 11.4. The van der Waals surface area contributed by atoms with Crippen molar-refractivity contribution >= 4 is 5.95 Å². The first kappa shape index (κ1) is 29.5. The molecule has 0 unspecified atom stereocenters. The first-order valence-corrected chi connectivity index (χ1v) is 11.4. The lowest BCUT2D eigenvalue weighted by Gasteiger charge is -2.24. The molecule has 1 N–H and O–H groups in total. The number of hydrogen-bond acceptors (Lipinski definition) is 3. The summed E-state index contributed by atoms with van der Waals surface area (Å²) in [5, 5.41) is 2.00. The third kappa shape index (κ3) is 7.39. The Balaban J connectivity index is 0.00000222. The lowest BCUT2D eigenvalue weighted by molar-refractivity contribution is -0.141. The molecule has 2 aliphatic carbocycles. The van der Waals surface area contributed by atoms with E-state index in [1.807, 2.05) is 19.2 Å². The van der Waals surface area contributed by atoms with E-state index >= 15 is 0 Å². The maximum absolute atomic E-state index is 13.6. The Labute approximate surface area is 201 Å². The molecule has 0 bridgehead atoms. The molecule has 1 aromatic rings. The van der Waals surface area contributed by atoms with Crippen molar-refractivity contribution in [3.8, 4) is 0 Å². The van der Waals surface area contributed by atoms with E-state index in [4.69, 9.17) is 0 Å². The molecule has 1 fully saturated rings. The predicted octanol–water partition coefficient (Wildman–Crippen LogP) is 7.86. The Morgan fingerprint density at radius 1 is 0.861 bits per heavy atom. The molecule has 1 saturated carbocycles. The standard InChI is InChI=1S/C21H20F9N3O.C2H6/c22-19(23,24)12-6-5-9-14(20(25,26)27)15(10-12)31-18-32-16(21(28,29)30)11-17(34)33(18)13-7-3-1-2-4-8-13;1-2/h6,9-11,13H,1-5,7-8H2,(H,31,32);1-2H3. The van der Waals surface area contributed by atoms with E-state index < -0.39 is 65.0 Å². The van der Waals surface area contributed by atoms with Gasteiger partial charge in [0.1, 0.15) is 0 Å². The van der Waals surface area contributed by atoms with Crippen molar-refractivity contribution in [2.45, 2.75) is 83.4 Å². The minimum atomic E-state index is -5.12. The van der Waals surface area contributed by atoms with Gasteiger partial charge in [-0.15, -0.1) is 0 Å². The molecule has 3 rings (SSSR count). The molecule has 0 radical (unpaired) electrons. The van der Waals surface area contributed by atoms with Crippen LogP contribution in [0.2, 0.25) is 0 Å². The van der Waals surface area contributed by atoms with Gasteiger partial charge in [0.05, 0.1) is 16.8 Å². The third-order valence-corrected chi connectivity index (χ3v) is 5.56. The van der Waals surface area contributed by atoms with Crippen LogP contribution in [0.4, 0.5) is 45.5 Å². The van der Waals surface area contributed by atoms with Gasteiger partial charge < -0.3 is 5.32 Å². The van der Waals surface area contributed by atoms with Crippen LogP contribution in [0.5, 0.6) is 0 Å². The normalized spacial score (nSPS) is 18.1. The molecule has 36 heavy (non-hydrogen) atoms. The fourth-order valence-electron chi connectivity index (χ4n) is 3.99. The van der Waals surface area contributed by atoms with Crippen molar-refractivity contribution in [1.29, 1.82) is 0 Å². The number of rotatable bonds is 3. The minimum absolute atomic E-state index is 0.163. The molecule has 0 amide bonds. The van der Waals surface area contributed by atoms with Crippen LogP contribution in [0.25, 0.3) is 0 Å². The van der Waals surface area contributed by atoms with Gasteiger partial charge in [0.15, 0.2) is 5.69 Å². The maximum atomic E-state index is 13.6. The summed E-state index contributed by atoms with van der Waals surface area (Å²) in [6.45, 7) is 4.00. The van der Waals surface area contributed by atoms with Crippen molar-refractivity contribution in [3.05, 3.63) is 57.2 Å². The van der Waals surface area contributed by atoms with Crippen LogP contribution in [0.15, 0.2) is 45.9 Å². The van der Waals surface area contributed by atoms with Crippen molar-refractivity contribution in [2.24, 2.45) is 0 Å². The quantitative estimate of drug-likeness (QED) is 0.319. The molecule has 0 spiro atoms. The van der Waals surface area contributed by atoms with Gasteiger partial charge in [0.25, 0.3) is 5.56 Å². The van der Waals surface area contributed by atoms with Gasteiger partial charge in [-0.25, -0.2) is 4.98 Å². The topological polar surface area (TPSA) is 46.9 Å². The van der Waals surface area contributed by atoms with Crippen LogP contribution in [0, 0.1) is 0 Å². The molecule has 202 valence electrons. The Morgan fingerprint density at radius 2 is 1.44 bits per heavy atom. The van der Waals surface area contributed by atoms with Crippen molar-refractivity contribution in [3.63, 3.8) is 0 Å². The molecule has 2 aliphatic rings. The number of hydrogen-bond donors (Lipinski definition) is 1. The zero-order valence-corrected chi connectivity index (χ0v) is 19.5. The van der Waals surface area contributed by atoms with Gasteiger partial charge in [-0.2, -0.15) is 39.5 Å². The number of anilines is 1. The van der Waals surface area contributed by atoms with Crippen LogP contribution < -0.4 is 10.9 Å². The van der Waals surface area contributed by atoms with Crippen LogP contribution >= 0.6 is 0 Å². The van der Waals surface area contributed by atoms with E-state index in [9.17, 15) is 44.3 Å². The number of nitrogens with one attached hydrogen (secondary N) is 1. The zero-order chi connectivity index (χ0) is 27.3. The Bertz CT molecular complexity index is 1050. The average Bonchev–Trinajstić information content (AvgIpc) is 3.15. The second-order valence-corrected chi connectivity index (χ2v) is 8.01. The summed E-state index contributed by atoms with van der Waals surface area (Å²) in [6, 6.07) is -0.436. The van der Waals surface area contributed by atoms with Crippen molar-refractivity contribution in [1.82, 2.24) is 9.55 Å². The largest absolute Gasteiger partial charge is 0.433 e. The van der Waals surface area contributed by atoms with E-state index in [0.29, 0.717) is 37.8 Å². The van der Waals surface area contributed by atoms with Crippen molar-refractivity contribution in [2.75, 3.05) is 5.32 Å². The highest BCUT2D eigenvalue weighted by molar-refractivity contribution is 5.53. The number of alkyl halides is 9. The second-order valence-electron chi connectivity index (χ2n) is 8.01. The molecule has 0 atom stereocenters. The molecule has 0 aliphatic heterocycles. The van der Waals surface area contributed by atoms with E-state index in [1.165, 1.54) is 0 Å². The number of allylic oxidation sites excluding steroid dienone is 5. The lowest BCUT2D eigenvalue weighted by Crippen LogP contribution is -2.31. The highest BCUT2D eigenvalue weighted by Gasteiger charge is 2.41. The average molecular weight is 531 g/mol. The third-order valence-electron chi connectivity index (χ3n) is 5.56. The Hall–Kier alpha value is -2.73. The van der Waals surface area contributed by atoms with Crippen molar-refractivity contribution < 1.29 is 39.5 Å². The van der Waals surface area contributed by atoms with E-state index in [0.717, 1.165) is 17.4 Å². The number of nitrogens with zero attached hydrogens (tertiary/aromatic N) is 2. The summed E-state index contributed by atoms with van der Waals surface area (Å²) in [5.41, 5.74) is -6.90. The van der Waals surface area contributed by atoms with Gasteiger partial charge in [-0.3, -0.25) is 9.36 Å². The summed E-state index contributed by atoms with van der Waals surface area (Å²) >= 11 is 0. The summed E-state index contributed by atoms with van der Waals surface area (Å²) < 4.78 is 122. The predicted molar refractivity (Wildman–Crippen MR) is 116 cm³/mol. The van der Waals surface area contributed by atoms with Crippen LogP contribution in [0.1, 0.15) is 70.5 Å². The molecule has 0 saturated heterocycles. The SMILES string of the molecule is CC.O=c1cc(C(F)(F)F)nc(NC2=CC(C(F)(F)F)=CCC=C2C(F)(F)F)n1C1CCCCCC1. The maximum Gasteiger partial charge on any atom is 0.433 e. The number of halogens is 9. The lowest BCUT2D eigenvalue weighted by atomic mass is 10.1. The van der Waals surface area contributed by atoms with Crippen LogP contribution in [-0.4, -0.2) is 21.9 Å². The summed E-state index contributed by atoms with van der Waals surface area (Å²) in [5.74, 6) is -0.892. The number of aromatic nitrogens is 2. The Morgan fingerprint density at radius 3 is 1.94 bits per heavy atom. The molecular weight excluding hydrogens is 505 g/mol.